The molecule has 0 amide bonds. The second-order valence-electron chi connectivity index (χ2n) is 1.59. The van der Waals surface area contributed by atoms with Crippen LogP contribution in [0.25, 0.3) is 0 Å². The molecule has 3 nitrogen and oxygen atoms in total. The molecule has 0 aromatic heterocycles. The molecule has 0 bridgehead atoms. The van der Waals surface area contributed by atoms with Crippen molar-refractivity contribution in [3.8, 4) is 0 Å². The Morgan fingerprint density at radius 2 is 2.20 bits per heavy atom. The Balaban J connectivity index is 4.42. The van der Waals surface area contributed by atoms with Crippen molar-refractivity contribution in [1.82, 2.24) is 0 Å². The number of allylic oxidation sites excluding steroid dienone is 1. The van der Waals surface area contributed by atoms with Gasteiger partial charge < -0.3 is 5.11 Å². The summed E-state index contributed by atoms with van der Waals surface area (Å²) in [5.41, 5.74) is -0.0347. The Morgan fingerprint density at radius 1 is 1.70 bits per heavy atom. The van der Waals surface area contributed by atoms with E-state index in [0.29, 0.717) is 0 Å². The van der Waals surface area contributed by atoms with Gasteiger partial charge in [-0.25, -0.2) is 9.79 Å². The molecule has 0 saturated heterocycles. The first-order valence-electron chi connectivity index (χ1n) is 2.68. The normalized spacial score (nSPS) is 13.5. The number of rotatable bonds is 2. The summed E-state index contributed by atoms with van der Waals surface area (Å²) in [5, 5.41) is 8.61. The van der Waals surface area contributed by atoms with Crippen LogP contribution >= 0.6 is 11.6 Å². The van der Waals surface area contributed by atoms with Gasteiger partial charge >= 0.3 is 5.97 Å². The molecular weight excluding hydrogens is 154 g/mol. The van der Waals surface area contributed by atoms with Gasteiger partial charge in [0.05, 0.1) is 0 Å². The highest BCUT2D eigenvalue weighted by atomic mass is 35.5. The molecule has 0 aliphatic carbocycles. The van der Waals surface area contributed by atoms with Crippen LogP contribution in [-0.4, -0.2) is 16.2 Å². The molecule has 0 radical (unpaired) electrons. The maximum Gasteiger partial charge on any atom is 0.354 e. The summed E-state index contributed by atoms with van der Waals surface area (Å²) in [6, 6.07) is 0. The van der Waals surface area contributed by atoms with Crippen molar-refractivity contribution in [3.05, 3.63) is 11.8 Å². The molecule has 56 valence electrons. The van der Waals surface area contributed by atoms with Gasteiger partial charge in [-0.2, -0.15) is 0 Å². The lowest BCUT2D eigenvalue weighted by Gasteiger charge is -1.91. The number of aliphatic imine (C=N–C) groups is 1. The molecule has 0 saturated carbocycles. The fourth-order valence-electron chi connectivity index (χ4n) is 0.402. The Morgan fingerprint density at radius 3 is 2.30 bits per heavy atom. The van der Waals surface area contributed by atoms with E-state index < -0.39 is 5.97 Å². The molecule has 0 fully saturated rings. The highest BCUT2D eigenvalue weighted by molar-refractivity contribution is 6.65. The highest BCUT2D eigenvalue weighted by Gasteiger charge is 2.02. The first kappa shape index (κ1) is 9.17. The number of nitrogens with zero attached hydrogens (tertiary/aromatic N) is 1. The second kappa shape index (κ2) is 4.06. The van der Waals surface area contributed by atoms with Crippen LogP contribution in [0.2, 0.25) is 0 Å². The molecule has 0 aliphatic rings. The molecule has 4 heteroatoms. The molecule has 0 aliphatic heterocycles. The van der Waals surface area contributed by atoms with E-state index in [2.05, 4.69) is 4.99 Å². The number of carboxylic acids is 1. The zero-order chi connectivity index (χ0) is 8.15. The summed E-state index contributed by atoms with van der Waals surface area (Å²) in [7, 11) is 0. The number of hydrogen-bond donors (Lipinski definition) is 1. The van der Waals surface area contributed by atoms with Gasteiger partial charge in [-0.1, -0.05) is 17.7 Å². The molecule has 0 heterocycles. The lowest BCUT2D eigenvalue weighted by molar-refractivity contribution is -0.132. The molecule has 0 aromatic carbocycles. The van der Waals surface area contributed by atoms with Gasteiger partial charge in [0.2, 0.25) is 0 Å². The molecule has 0 spiro atoms. The van der Waals surface area contributed by atoms with Gasteiger partial charge in [-0.05, 0) is 13.8 Å². The van der Waals surface area contributed by atoms with E-state index in [1.54, 1.807) is 6.92 Å². The minimum absolute atomic E-state index is 0.0347. The van der Waals surface area contributed by atoms with Crippen LogP contribution in [0.5, 0.6) is 0 Å². The molecule has 10 heavy (non-hydrogen) atoms. The fourth-order valence-corrected chi connectivity index (χ4v) is 0.493. The predicted molar refractivity (Wildman–Crippen MR) is 40.4 cm³/mol. The summed E-state index contributed by atoms with van der Waals surface area (Å²) in [6.45, 7) is 3.11. The van der Waals surface area contributed by atoms with Crippen molar-refractivity contribution in [2.45, 2.75) is 13.8 Å². The van der Waals surface area contributed by atoms with E-state index in [1.807, 2.05) is 0 Å². The van der Waals surface area contributed by atoms with Crippen LogP contribution in [0.1, 0.15) is 13.8 Å². The first-order chi connectivity index (χ1) is 4.57. The van der Waals surface area contributed by atoms with Crippen LogP contribution in [0.15, 0.2) is 16.8 Å². The minimum atomic E-state index is -1.07. The Hall–Kier alpha value is -0.830. The smallest absolute Gasteiger partial charge is 0.354 e. The van der Waals surface area contributed by atoms with Crippen molar-refractivity contribution in [2.24, 2.45) is 4.99 Å². The van der Waals surface area contributed by atoms with Crippen LogP contribution in [0, 0.1) is 0 Å². The van der Waals surface area contributed by atoms with Gasteiger partial charge in [-0.15, -0.1) is 0 Å². The molecule has 0 unspecified atom stereocenters. The number of carboxylic acid groups (broad SMARTS) is 1. The van der Waals surface area contributed by atoms with E-state index in [-0.39, 0.29) is 10.9 Å². The predicted octanol–water partition coefficient (Wildman–Crippen LogP) is 1.63. The van der Waals surface area contributed by atoms with Crippen molar-refractivity contribution in [3.63, 3.8) is 0 Å². The van der Waals surface area contributed by atoms with Gasteiger partial charge in [0.25, 0.3) is 0 Å². The van der Waals surface area contributed by atoms with Gasteiger partial charge in [0, 0.05) is 0 Å². The first-order valence-corrected chi connectivity index (χ1v) is 3.06. The fraction of sp³-hybridized carbons (Fsp3) is 0.333. The van der Waals surface area contributed by atoms with Crippen molar-refractivity contribution >= 4 is 22.7 Å². The van der Waals surface area contributed by atoms with Crippen LogP contribution < -0.4 is 0 Å². The number of carbonyl (C=O) groups is 1. The number of halogens is 1. The maximum atomic E-state index is 10.2. The number of aliphatic carboxylic acids is 1. The zero-order valence-electron chi connectivity index (χ0n) is 5.76. The lowest BCUT2D eigenvalue weighted by atomic mass is 10.4. The van der Waals surface area contributed by atoms with Crippen LogP contribution in [0.3, 0.4) is 0 Å². The molecule has 1 N–H and O–H groups in total. The summed E-state index contributed by atoms with van der Waals surface area (Å²) in [6.07, 6.45) is 1.38. The van der Waals surface area contributed by atoms with Gasteiger partial charge in [0.1, 0.15) is 10.9 Å². The van der Waals surface area contributed by atoms with Crippen LogP contribution in [-0.2, 0) is 4.79 Å². The zero-order valence-corrected chi connectivity index (χ0v) is 6.51. The van der Waals surface area contributed by atoms with E-state index in [1.165, 1.54) is 13.0 Å². The monoisotopic (exact) mass is 161 g/mol. The van der Waals surface area contributed by atoms with Crippen molar-refractivity contribution < 1.29 is 9.90 Å². The van der Waals surface area contributed by atoms with E-state index in [9.17, 15) is 4.79 Å². The quantitative estimate of drug-likeness (QED) is 0.494. The van der Waals surface area contributed by atoms with E-state index in [4.69, 9.17) is 16.7 Å². The van der Waals surface area contributed by atoms with Gasteiger partial charge in [-0.3, -0.25) is 0 Å². The summed E-state index contributed by atoms with van der Waals surface area (Å²) in [5.74, 6) is -1.07. The lowest BCUT2D eigenvalue weighted by Crippen LogP contribution is -1.98. The maximum absolute atomic E-state index is 10.2. The number of hydrogen-bond acceptors (Lipinski definition) is 2. The van der Waals surface area contributed by atoms with E-state index >= 15 is 0 Å². The average Bonchev–Trinajstić information content (AvgIpc) is 1.81. The summed E-state index contributed by atoms with van der Waals surface area (Å²) >= 11 is 5.34. The third kappa shape index (κ3) is 3.25. The minimum Gasteiger partial charge on any atom is -0.477 e. The molecule has 0 atom stereocenters. The second-order valence-corrected chi connectivity index (χ2v) is 2.13. The summed E-state index contributed by atoms with van der Waals surface area (Å²) < 4.78 is 0. The largest absolute Gasteiger partial charge is 0.477 e. The summed E-state index contributed by atoms with van der Waals surface area (Å²) in [4.78, 5) is 13.8. The Kier molecular flexibility index (Phi) is 3.72. The van der Waals surface area contributed by atoms with Crippen molar-refractivity contribution in [1.29, 1.82) is 0 Å². The average molecular weight is 162 g/mol. The van der Waals surface area contributed by atoms with E-state index in [0.717, 1.165) is 0 Å². The highest BCUT2D eigenvalue weighted by Crippen LogP contribution is 1.98. The standard InChI is InChI=1S/C6H8ClNO2/c1-3-5(6(9)10)8-4(2)7/h3H,1-2H3,(H,9,10)/b5-3-,8-4?. The Bertz CT molecular complexity index is 192. The topological polar surface area (TPSA) is 49.7 Å². The van der Waals surface area contributed by atoms with Crippen molar-refractivity contribution in [2.75, 3.05) is 0 Å². The van der Waals surface area contributed by atoms with Crippen LogP contribution in [0.4, 0.5) is 0 Å². The molecular formula is C6H8ClNO2. The Labute approximate surface area is 64.0 Å². The SMILES string of the molecule is C/C=C(\N=C(C)Cl)C(=O)O. The third-order valence-corrected chi connectivity index (χ3v) is 0.852. The third-order valence-electron chi connectivity index (χ3n) is 0.767. The molecule has 0 rings (SSSR count). The molecule has 0 aromatic rings. The van der Waals surface area contributed by atoms with Gasteiger partial charge in [0.15, 0.2) is 0 Å².